The first kappa shape index (κ1) is 20.1. The molecule has 0 saturated carbocycles. The first-order chi connectivity index (χ1) is 13.7. The van der Waals surface area contributed by atoms with Gasteiger partial charge in [-0.2, -0.15) is 0 Å². The molecule has 3 amide bonds. The molecule has 0 unspecified atom stereocenters. The second-order valence-corrected chi connectivity index (χ2v) is 7.32. The molecule has 1 aliphatic heterocycles. The van der Waals surface area contributed by atoms with E-state index in [2.05, 4.69) is 15.6 Å². The number of nitrogens with one attached hydrogen (secondary N) is 2. The van der Waals surface area contributed by atoms with Crippen LogP contribution in [0.4, 0.5) is 10.5 Å². The van der Waals surface area contributed by atoms with Crippen LogP contribution in [0.3, 0.4) is 0 Å². The molecular weight excluding hydrogens is 380 g/mol. The van der Waals surface area contributed by atoms with Gasteiger partial charge >= 0.3 is 6.03 Å². The number of rotatable bonds is 7. The minimum atomic E-state index is -0.169. The molecule has 1 saturated heterocycles. The fourth-order valence-electron chi connectivity index (χ4n) is 2.86. The van der Waals surface area contributed by atoms with E-state index in [-0.39, 0.29) is 18.0 Å². The zero-order valence-corrected chi connectivity index (χ0v) is 16.5. The summed E-state index contributed by atoms with van der Waals surface area (Å²) in [4.78, 5) is 31.2. The van der Waals surface area contributed by atoms with Gasteiger partial charge in [0.1, 0.15) is 6.61 Å². The van der Waals surface area contributed by atoms with Crippen LogP contribution in [0.25, 0.3) is 0 Å². The summed E-state index contributed by atoms with van der Waals surface area (Å²) in [6, 6.07) is 7.05. The van der Waals surface area contributed by atoms with Crippen LogP contribution in [-0.4, -0.2) is 61.3 Å². The third-order valence-corrected chi connectivity index (χ3v) is 5.26. The van der Waals surface area contributed by atoms with Crippen LogP contribution in [0.2, 0.25) is 0 Å². The molecule has 0 atom stereocenters. The molecule has 2 N–H and O–H groups in total. The van der Waals surface area contributed by atoms with E-state index in [4.69, 9.17) is 9.47 Å². The third-order valence-electron chi connectivity index (χ3n) is 4.39. The molecule has 0 aromatic carbocycles. The van der Waals surface area contributed by atoms with E-state index in [9.17, 15) is 9.59 Å². The van der Waals surface area contributed by atoms with Crippen LogP contribution >= 0.6 is 11.3 Å². The van der Waals surface area contributed by atoms with Crippen LogP contribution < -0.4 is 15.4 Å². The van der Waals surface area contributed by atoms with Crippen LogP contribution in [0.15, 0.2) is 35.8 Å². The number of nitrogens with zero attached hydrogens (tertiary/aromatic N) is 2. The van der Waals surface area contributed by atoms with Gasteiger partial charge in [-0.3, -0.25) is 4.79 Å². The average Bonchev–Trinajstić information content (AvgIpc) is 3.25. The number of hydrogen-bond donors (Lipinski definition) is 2. The lowest BCUT2D eigenvalue weighted by Crippen LogP contribution is -2.47. The maximum absolute atomic E-state index is 12.4. The van der Waals surface area contributed by atoms with Crippen molar-refractivity contribution in [1.29, 1.82) is 0 Å². The Morgan fingerprint density at radius 2 is 2.07 bits per heavy atom. The highest BCUT2D eigenvalue weighted by Crippen LogP contribution is 2.16. The Labute approximate surface area is 167 Å². The summed E-state index contributed by atoms with van der Waals surface area (Å²) in [6.07, 6.45) is 3.03. The Morgan fingerprint density at radius 3 is 2.71 bits per heavy atom. The van der Waals surface area contributed by atoms with Crippen molar-refractivity contribution < 1.29 is 19.1 Å². The molecule has 28 heavy (non-hydrogen) atoms. The quantitative estimate of drug-likeness (QED) is 0.692. The number of pyridine rings is 1. The molecule has 1 aliphatic rings. The van der Waals surface area contributed by atoms with Crippen molar-refractivity contribution in [1.82, 2.24) is 15.2 Å². The fourth-order valence-corrected chi connectivity index (χ4v) is 3.49. The van der Waals surface area contributed by atoms with Crippen molar-refractivity contribution in [3.05, 3.63) is 40.7 Å². The number of anilines is 1. The Morgan fingerprint density at radius 1 is 1.25 bits per heavy atom. The Balaban J connectivity index is 1.41. The number of carbonyl (C=O) groups excluding carboxylic acids is 2. The number of ether oxygens (including phenoxy) is 2. The highest BCUT2D eigenvalue weighted by Gasteiger charge is 2.24. The second kappa shape index (κ2) is 10.0. The Bertz CT molecular complexity index is 759. The van der Waals surface area contributed by atoms with E-state index in [0.29, 0.717) is 42.7 Å². The van der Waals surface area contributed by atoms with Crippen LogP contribution in [0, 0.1) is 0 Å². The number of methoxy groups -OCH3 is 1. The zero-order chi connectivity index (χ0) is 19.8. The summed E-state index contributed by atoms with van der Waals surface area (Å²) < 4.78 is 10.3. The molecule has 9 heteroatoms. The number of likely N-dealkylation sites (tertiary alicyclic amines) is 1. The SMILES string of the molecule is COCCOc1ccc(NC(=O)N2CCC(NC(=O)c3cccs3)CC2)cn1. The van der Waals surface area contributed by atoms with Gasteiger partial charge in [-0.25, -0.2) is 9.78 Å². The van der Waals surface area contributed by atoms with Gasteiger partial charge in [0.15, 0.2) is 0 Å². The summed E-state index contributed by atoms with van der Waals surface area (Å²) in [5.41, 5.74) is 0.609. The Hall–Kier alpha value is -2.65. The number of aromatic nitrogens is 1. The van der Waals surface area contributed by atoms with Gasteiger partial charge in [-0.05, 0) is 30.4 Å². The van der Waals surface area contributed by atoms with Gasteiger partial charge in [-0.15, -0.1) is 11.3 Å². The maximum Gasteiger partial charge on any atom is 0.321 e. The number of carbonyl (C=O) groups is 2. The smallest absolute Gasteiger partial charge is 0.321 e. The number of urea groups is 1. The fraction of sp³-hybridized carbons (Fsp3) is 0.421. The van der Waals surface area contributed by atoms with Crippen molar-refractivity contribution in [2.45, 2.75) is 18.9 Å². The normalized spacial score (nSPS) is 14.5. The van der Waals surface area contributed by atoms with Crippen molar-refractivity contribution >= 4 is 29.0 Å². The molecule has 2 aromatic rings. The molecule has 8 nitrogen and oxygen atoms in total. The van der Waals surface area contributed by atoms with E-state index < -0.39 is 0 Å². The molecule has 2 aromatic heterocycles. The predicted molar refractivity (Wildman–Crippen MR) is 107 cm³/mol. The first-order valence-electron chi connectivity index (χ1n) is 9.14. The number of thiophene rings is 1. The summed E-state index contributed by atoms with van der Waals surface area (Å²) >= 11 is 1.42. The largest absolute Gasteiger partial charge is 0.475 e. The highest BCUT2D eigenvalue weighted by atomic mass is 32.1. The number of amides is 3. The standard InChI is InChI=1S/C19H24N4O4S/c1-26-10-11-27-17-5-4-15(13-20-17)22-19(25)23-8-6-14(7-9-23)21-18(24)16-3-2-12-28-16/h2-5,12-14H,6-11H2,1H3,(H,21,24)(H,22,25). The third kappa shape index (κ3) is 5.67. The minimum Gasteiger partial charge on any atom is -0.475 e. The molecular formula is C19H24N4O4S. The average molecular weight is 404 g/mol. The highest BCUT2D eigenvalue weighted by molar-refractivity contribution is 7.12. The lowest BCUT2D eigenvalue weighted by Gasteiger charge is -2.32. The van der Waals surface area contributed by atoms with E-state index in [1.165, 1.54) is 11.3 Å². The van der Waals surface area contributed by atoms with Crippen molar-refractivity contribution in [2.24, 2.45) is 0 Å². The number of hydrogen-bond acceptors (Lipinski definition) is 6. The molecule has 3 rings (SSSR count). The summed E-state index contributed by atoms with van der Waals surface area (Å²) in [5.74, 6) is 0.439. The molecule has 0 bridgehead atoms. The lowest BCUT2D eigenvalue weighted by atomic mass is 10.1. The molecule has 0 aliphatic carbocycles. The lowest BCUT2D eigenvalue weighted by molar-refractivity contribution is 0.0923. The van der Waals surface area contributed by atoms with Gasteiger partial charge in [-0.1, -0.05) is 6.07 Å². The minimum absolute atomic E-state index is 0.0446. The first-order valence-corrected chi connectivity index (χ1v) is 10.0. The van der Waals surface area contributed by atoms with E-state index in [1.54, 1.807) is 30.3 Å². The maximum atomic E-state index is 12.4. The van der Waals surface area contributed by atoms with Gasteiger partial charge in [0.25, 0.3) is 5.91 Å². The van der Waals surface area contributed by atoms with Gasteiger partial charge in [0, 0.05) is 32.3 Å². The monoisotopic (exact) mass is 404 g/mol. The summed E-state index contributed by atoms with van der Waals surface area (Å²) in [7, 11) is 1.61. The predicted octanol–water partition coefficient (Wildman–Crippen LogP) is 2.59. The van der Waals surface area contributed by atoms with E-state index in [1.807, 2.05) is 17.5 Å². The van der Waals surface area contributed by atoms with Crippen LogP contribution in [0.5, 0.6) is 5.88 Å². The van der Waals surface area contributed by atoms with Crippen molar-refractivity contribution in [3.63, 3.8) is 0 Å². The molecule has 150 valence electrons. The second-order valence-electron chi connectivity index (χ2n) is 6.37. The van der Waals surface area contributed by atoms with Crippen LogP contribution in [0.1, 0.15) is 22.5 Å². The van der Waals surface area contributed by atoms with Gasteiger partial charge in [0.05, 0.1) is 23.4 Å². The molecule has 1 fully saturated rings. The van der Waals surface area contributed by atoms with E-state index >= 15 is 0 Å². The van der Waals surface area contributed by atoms with Crippen molar-refractivity contribution in [3.8, 4) is 5.88 Å². The topological polar surface area (TPSA) is 92.8 Å². The van der Waals surface area contributed by atoms with Gasteiger partial charge in [0.2, 0.25) is 5.88 Å². The molecule has 0 radical (unpaired) electrons. The van der Waals surface area contributed by atoms with Crippen LogP contribution in [-0.2, 0) is 4.74 Å². The summed E-state index contributed by atoms with van der Waals surface area (Å²) in [6.45, 7) is 2.09. The zero-order valence-electron chi connectivity index (χ0n) is 15.7. The molecule has 3 heterocycles. The van der Waals surface area contributed by atoms with Gasteiger partial charge < -0.3 is 25.0 Å². The van der Waals surface area contributed by atoms with E-state index in [0.717, 1.165) is 12.8 Å². The van der Waals surface area contributed by atoms with Crippen molar-refractivity contribution in [2.75, 3.05) is 38.7 Å². The molecule has 0 spiro atoms. The Kier molecular flexibility index (Phi) is 7.21. The number of piperidine rings is 1. The summed E-state index contributed by atoms with van der Waals surface area (Å²) in [5, 5.41) is 7.76.